The van der Waals surface area contributed by atoms with Crippen LogP contribution in [0.3, 0.4) is 0 Å². The molecule has 0 atom stereocenters. The summed E-state index contributed by atoms with van der Waals surface area (Å²) in [5.41, 5.74) is 1.12. The van der Waals surface area contributed by atoms with Crippen molar-refractivity contribution in [3.8, 4) is 10.8 Å². The Labute approximate surface area is 186 Å². The zero-order chi connectivity index (χ0) is 22.0. The van der Waals surface area contributed by atoms with Crippen molar-refractivity contribution in [2.45, 2.75) is 38.0 Å². The summed E-state index contributed by atoms with van der Waals surface area (Å²) in [6.45, 7) is 5.03. The molecular weight excluding hydrogens is 434 g/mol. The Morgan fingerprint density at radius 3 is 2.58 bits per heavy atom. The van der Waals surface area contributed by atoms with Gasteiger partial charge < -0.3 is 9.73 Å². The smallest absolute Gasteiger partial charge is 0.243 e. The van der Waals surface area contributed by atoms with Crippen molar-refractivity contribution in [2.24, 2.45) is 5.92 Å². The number of carbonyl (C=O) groups excluding carboxylic acids is 1. The van der Waals surface area contributed by atoms with Crippen LogP contribution in [0.2, 0.25) is 0 Å². The Balaban J connectivity index is 1.39. The van der Waals surface area contributed by atoms with Gasteiger partial charge in [0.1, 0.15) is 5.76 Å². The van der Waals surface area contributed by atoms with Gasteiger partial charge in [-0.3, -0.25) is 4.79 Å². The van der Waals surface area contributed by atoms with Gasteiger partial charge in [-0.05, 0) is 61.4 Å². The topological polar surface area (TPSA) is 92.5 Å². The monoisotopic (exact) mass is 459 g/mol. The molecule has 3 heterocycles. The van der Waals surface area contributed by atoms with Crippen LogP contribution in [0.4, 0.5) is 5.69 Å². The molecule has 3 aromatic rings. The minimum absolute atomic E-state index is 0.0761. The number of sulfonamides is 1. The molecule has 1 amide bonds. The van der Waals surface area contributed by atoms with Crippen LogP contribution in [0.1, 0.15) is 31.2 Å². The number of hydrogen-bond donors (Lipinski definition) is 1. The van der Waals surface area contributed by atoms with Crippen molar-refractivity contribution < 1.29 is 17.6 Å². The van der Waals surface area contributed by atoms with Crippen LogP contribution in [0.5, 0.6) is 0 Å². The average Bonchev–Trinajstić information content (AvgIpc) is 3.39. The van der Waals surface area contributed by atoms with E-state index in [1.54, 1.807) is 35.5 Å². The van der Waals surface area contributed by atoms with Crippen molar-refractivity contribution in [2.75, 3.05) is 18.4 Å². The average molecular weight is 460 g/mol. The first-order valence-corrected chi connectivity index (χ1v) is 12.5. The minimum atomic E-state index is -3.50. The summed E-state index contributed by atoms with van der Waals surface area (Å²) in [6, 6.07) is 10.1. The molecule has 1 aliphatic heterocycles. The maximum Gasteiger partial charge on any atom is 0.243 e. The quantitative estimate of drug-likeness (QED) is 0.593. The summed E-state index contributed by atoms with van der Waals surface area (Å²) in [4.78, 5) is 18.1. The number of aromatic nitrogens is 1. The number of rotatable bonds is 6. The molecule has 1 N–H and O–H groups in total. The molecule has 1 aromatic carbocycles. The van der Waals surface area contributed by atoms with Crippen LogP contribution in [-0.2, 0) is 21.2 Å². The highest BCUT2D eigenvalue weighted by Gasteiger charge is 2.28. The number of aryl methyl sites for hydroxylation is 1. The predicted octanol–water partition coefficient (Wildman–Crippen LogP) is 4.31. The predicted molar refractivity (Wildman–Crippen MR) is 120 cm³/mol. The first-order chi connectivity index (χ1) is 14.8. The summed E-state index contributed by atoms with van der Waals surface area (Å²) < 4.78 is 32.9. The largest absolute Gasteiger partial charge is 0.440 e. The third-order valence-corrected chi connectivity index (χ3v) is 8.24. The lowest BCUT2D eigenvalue weighted by molar-refractivity contribution is -0.115. The van der Waals surface area contributed by atoms with E-state index in [1.807, 2.05) is 17.5 Å². The fourth-order valence-electron chi connectivity index (χ4n) is 3.54. The number of carbonyl (C=O) groups is 1. The van der Waals surface area contributed by atoms with Gasteiger partial charge in [-0.25, -0.2) is 13.4 Å². The lowest BCUT2D eigenvalue weighted by atomic mass is 10.0. The van der Waals surface area contributed by atoms with Crippen LogP contribution in [0, 0.1) is 12.8 Å². The van der Waals surface area contributed by atoms with Crippen LogP contribution < -0.4 is 5.32 Å². The van der Waals surface area contributed by atoms with Crippen molar-refractivity contribution in [3.63, 3.8) is 0 Å². The zero-order valence-corrected chi connectivity index (χ0v) is 19.1. The fraction of sp³-hybridized carbons (Fsp3) is 0.364. The summed E-state index contributed by atoms with van der Waals surface area (Å²) in [6.07, 6.45) is 1.83. The number of hydrogen-bond acceptors (Lipinski definition) is 6. The first-order valence-electron chi connectivity index (χ1n) is 10.2. The molecule has 4 rings (SSSR count). The molecule has 0 aliphatic carbocycles. The Morgan fingerprint density at radius 2 is 1.94 bits per heavy atom. The Hall–Kier alpha value is -2.49. The number of thiophene rings is 1. The van der Waals surface area contributed by atoms with Crippen LogP contribution >= 0.6 is 11.3 Å². The minimum Gasteiger partial charge on any atom is -0.440 e. The van der Waals surface area contributed by atoms with Gasteiger partial charge in [0.05, 0.1) is 21.9 Å². The van der Waals surface area contributed by atoms with Crippen molar-refractivity contribution in [1.82, 2.24) is 9.29 Å². The molecule has 7 nitrogen and oxygen atoms in total. The molecule has 2 aromatic heterocycles. The number of amides is 1. The van der Waals surface area contributed by atoms with E-state index in [0.29, 0.717) is 42.0 Å². The summed E-state index contributed by atoms with van der Waals surface area (Å²) >= 11 is 1.52. The summed E-state index contributed by atoms with van der Waals surface area (Å²) in [5, 5.41) is 4.74. The van der Waals surface area contributed by atoms with E-state index in [9.17, 15) is 13.2 Å². The molecule has 164 valence electrons. The van der Waals surface area contributed by atoms with E-state index in [2.05, 4.69) is 17.2 Å². The number of piperidine rings is 1. The van der Waals surface area contributed by atoms with E-state index in [0.717, 1.165) is 17.7 Å². The summed E-state index contributed by atoms with van der Waals surface area (Å²) in [7, 11) is -3.50. The summed E-state index contributed by atoms with van der Waals surface area (Å²) in [5.74, 6) is 1.43. The third-order valence-electron chi connectivity index (χ3n) is 5.47. The Kier molecular flexibility index (Phi) is 6.27. The number of oxazole rings is 1. The lowest BCUT2D eigenvalue weighted by Gasteiger charge is -2.29. The van der Waals surface area contributed by atoms with Gasteiger partial charge in [0.2, 0.25) is 21.8 Å². The molecule has 0 unspecified atom stereocenters. The fourth-order valence-corrected chi connectivity index (χ4v) is 5.66. The number of anilines is 1. The highest BCUT2D eigenvalue weighted by molar-refractivity contribution is 7.89. The van der Waals surface area contributed by atoms with Gasteiger partial charge in [0, 0.05) is 18.8 Å². The van der Waals surface area contributed by atoms with E-state index in [-0.39, 0.29) is 17.2 Å². The zero-order valence-electron chi connectivity index (χ0n) is 17.5. The van der Waals surface area contributed by atoms with Gasteiger partial charge in [0.25, 0.3) is 0 Å². The van der Waals surface area contributed by atoms with Gasteiger partial charge in [-0.2, -0.15) is 4.31 Å². The SMILES string of the molecule is Cc1oc(-c2cccs2)nc1CC(=O)Nc1ccc(S(=O)(=O)N2CCC(C)CC2)cc1. The van der Waals surface area contributed by atoms with E-state index in [1.165, 1.54) is 11.3 Å². The van der Waals surface area contributed by atoms with Crippen molar-refractivity contribution in [1.29, 1.82) is 0 Å². The number of nitrogens with zero attached hydrogens (tertiary/aromatic N) is 2. The third kappa shape index (κ3) is 4.89. The van der Waals surface area contributed by atoms with Gasteiger partial charge in [0.15, 0.2) is 0 Å². The van der Waals surface area contributed by atoms with Crippen LogP contribution in [0.25, 0.3) is 10.8 Å². The highest BCUT2D eigenvalue weighted by Crippen LogP contribution is 2.27. The molecule has 1 fully saturated rings. The maximum absolute atomic E-state index is 12.8. The van der Waals surface area contributed by atoms with Gasteiger partial charge >= 0.3 is 0 Å². The van der Waals surface area contributed by atoms with E-state index < -0.39 is 10.0 Å². The molecule has 9 heteroatoms. The molecule has 1 saturated heterocycles. The standard InChI is InChI=1S/C22H25N3O4S2/c1-15-9-11-25(12-10-15)31(27,28)18-7-5-17(6-8-18)23-21(26)14-19-16(2)29-22(24-19)20-4-3-13-30-20/h3-8,13,15H,9-12,14H2,1-2H3,(H,23,26). The van der Waals surface area contributed by atoms with Crippen molar-refractivity contribution in [3.05, 3.63) is 53.2 Å². The Bertz CT molecular complexity index is 1140. The number of benzene rings is 1. The molecule has 1 aliphatic rings. The second-order valence-electron chi connectivity index (χ2n) is 7.84. The van der Waals surface area contributed by atoms with Gasteiger partial charge in [-0.15, -0.1) is 11.3 Å². The first kappa shape index (κ1) is 21.7. The van der Waals surface area contributed by atoms with E-state index >= 15 is 0 Å². The Morgan fingerprint density at radius 1 is 1.23 bits per heavy atom. The lowest BCUT2D eigenvalue weighted by Crippen LogP contribution is -2.37. The molecule has 0 radical (unpaired) electrons. The number of nitrogens with one attached hydrogen (secondary N) is 1. The molecule has 0 saturated carbocycles. The van der Waals surface area contributed by atoms with Crippen LogP contribution in [-0.4, -0.2) is 36.7 Å². The second-order valence-corrected chi connectivity index (χ2v) is 10.7. The normalized spacial score (nSPS) is 15.8. The van der Waals surface area contributed by atoms with Gasteiger partial charge in [-0.1, -0.05) is 13.0 Å². The van der Waals surface area contributed by atoms with Crippen LogP contribution in [0.15, 0.2) is 51.1 Å². The molecule has 0 bridgehead atoms. The second kappa shape index (κ2) is 8.94. The van der Waals surface area contributed by atoms with Crippen molar-refractivity contribution >= 4 is 33.0 Å². The molecular formula is C22H25N3O4S2. The maximum atomic E-state index is 12.8. The highest BCUT2D eigenvalue weighted by atomic mass is 32.2. The molecule has 0 spiro atoms. The molecule has 31 heavy (non-hydrogen) atoms. The van der Waals surface area contributed by atoms with E-state index in [4.69, 9.17) is 4.42 Å².